The van der Waals surface area contributed by atoms with Crippen LogP contribution in [0.2, 0.25) is 10.0 Å². The Kier molecular flexibility index (Phi) is 7.94. The van der Waals surface area contributed by atoms with Gasteiger partial charge in [0.2, 0.25) is 0 Å². The van der Waals surface area contributed by atoms with E-state index in [0.29, 0.717) is 22.4 Å². The SMILES string of the molecule is CC1(COc2cc(F)c(C(=O)N[C@H](C(=O)O)C3CC3)cc2C2CC2)CN([C@H](c2ccccc2)c2cc(Cl)cc(Cl)c2)C1. The number of hydrogen-bond donors (Lipinski definition) is 2. The van der Waals surface area contributed by atoms with Crippen LogP contribution in [0.25, 0.3) is 0 Å². The summed E-state index contributed by atoms with van der Waals surface area (Å²) >= 11 is 12.7. The highest BCUT2D eigenvalue weighted by molar-refractivity contribution is 6.34. The molecule has 3 aromatic carbocycles. The Bertz CT molecular complexity index is 1480. The van der Waals surface area contributed by atoms with Gasteiger partial charge >= 0.3 is 5.97 Å². The van der Waals surface area contributed by atoms with Crippen LogP contribution < -0.4 is 10.1 Å². The van der Waals surface area contributed by atoms with Gasteiger partial charge in [-0.25, -0.2) is 9.18 Å². The van der Waals surface area contributed by atoms with Gasteiger partial charge in [0.15, 0.2) is 0 Å². The molecule has 0 bridgehead atoms. The fourth-order valence-electron chi connectivity index (χ4n) is 6.06. The van der Waals surface area contributed by atoms with E-state index in [1.807, 2.05) is 30.3 Å². The van der Waals surface area contributed by atoms with E-state index in [1.54, 1.807) is 12.1 Å². The minimum Gasteiger partial charge on any atom is -0.493 e. The Morgan fingerprint density at radius 1 is 1.02 bits per heavy atom. The van der Waals surface area contributed by atoms with E-state index in [1.165, 1.54) is 6.07 Å². The van der Waals surface area contributed by atoms with Crippen LogP contribution in [0.5, 0.6) is 5.75 Å². The van der Waals surface area contributed by atoms with Gasteiger partial charge in [-0.15, -0.1) is 0 Å². The molecule has 1 saturated heterocycles. The van der Waals surface area contributed by atoms with Crippen molar-refractivity contribution in [1.29, 1.82) is 0 Å². The number of rotatable bonds is 11. The summed E-state index contributed by atoms with van der Waals surface area (Å²) in [4.78, 5) is 26.8. The Morgan fingerprint density at radius 2 is 1.69 bits per heavy atom. The Morgan fingerprint density at radius 3 is 2.29 bits per heavy atom. The van der Waals surface area contributed by atoms with Gasteiger partial charge in [0, 0.05) is 34.6 Å². The molecule has 1 aliphatic heterocycles. The van der Waals surface area contributed by atoms with E-state index < -0.39 is 23.7 Å². The van der Waals surface area contributed by atoms with Crippen molar-refractivity contribution in [3.05, 3.63) is 98.8 Å². The molecule has 0 aromatic heterocycles. The minimum atomic E-state index is -1.09. The van der Waals surface area contributed by atoms with Crippen LogP contribution in [-0.2, 0) is 4.79 Å². The predicted molar refractivity (Wildman–Crippen MR) is 160 cm³/mol. The second kappa shape index (κ2) is 11.5. The van der Waals surface area contributed by atoms with Gasteiger partial charge in [-0.3, -0.25) is 9.69 Å². The van der Waals surface area contributed by atoms with Gasteiger partial charge in [-0.2, -0.15) is 0 Å². The van der Waals surface area contributed by atoms with Gasteiger partial charge in [0.1, 0.15) is 17.6 Å². The third-order valence-corrected chi connectivity index (χ3v) is 8.87. The number of aliphatic carboxylic acids is 1. The molecule has 2 N–H and O–H groups in total. The zero-order valence-electron chi connectivity index (χ0n) is 23.3. The summed E-state index contributed by atoms with van der Waals surface area (Å²) in [5.74, 6) is -1.95. The number of likely N-dealkylation sites (tertiary alicyclic amines) is 1. The quantitative estimate of drug-likeness (QED) is 0.242. The maximum atomic E-state index is 15.2. The van der Waals surface area contributed by atoms with E-state index in [2.05, 4.69) is 29.3 Å². The predicted octanol–water partition coefficient (Wildman–Crippen LogP) is 7.09. The smallest absolute Gasteiger partial charge is 0.326 e. The molecule has 1 heterocycles. The fraction of sp³-hybridized carbons (Fsp3) is 0.394. The number of carboxylic acids is 1. The lowest BCUT2D eigenvalue weighted by atomic mass is 9.79. The molecular formula is C33H33Cl2FN2O4. The summed E-state index contributed by atoms with van der Waals surface area (Å²) in [6.45, 7) is 4.02. The molecule has 9 heteroatoms. The van der Waals surface area contributed by atoms with Crippen molar-refractivity contribution in [1.82, 2.24) is 10.2 Å². The first-order valence-electron chi connectivity index (χ1n) is 14.4. The van der Waals surface area contributed by atoms with Crippen LogP contribution >= 0.6 is 23.2 Å². The number of ether oxygens (including phenoxy) is 1. The van der Waals surface area contributed by atoms with E-state index >= 15 is 4.39 Å². The molecule has 0 spiro atoms. The molecule has 1 amide bonds. The molecule has 2 atom stereocenters. The summed E-state index contributed by atoms with van der Waals surface area (Å²) in [6.07, 6.45) is 3.37. The van der Waals surface area contributed by atoms with Gasteiger partial charge in [-0.05, 0) is 78.5 Å². The van der Waals surface area contributed by atoms with Gasteiger partial charge in [-0.1, -0.05) is 60.5 Å². The lowest BCUT2D eigenvalue weighted by Gasteiger charge is -2.51. The standard InChI is InChI=1S/C33H33Cl2FN2O4/c1-33(16-38(17-33)30(21-5-3-2-4-6-21)22-11-23(34)13-24(35)12-22)18-42-28-15-27(36)26(14-25(28)19-7-8-19)31(39)37-29(32(40)41)20-9-10-20/h2-6,11-15,19-20,29-30H,7-10,16-18H2,1H3,(H,37,39)(H,40,41)/t29-,30+/m0/s1. The molecule has 2 aliphatic carbocycles. The molecular weight excluding hydrogens is 578 g/mol. The highest BCUT2D eigenvalue weighted by Crippen LogP contribution is 2.46. The van der Waals surface area contributed by atoms with Crippen molar-refractivity contribution in [3.8, 4) is 5.75 Å². The monoisotopic (exact) mass is 610 g/mol. The van der Waals surface area contributed by atoms with Crippen LogP contribution in [0, 0.1) is 17.2 Å². The van der Waals surface area contributed by atoms with Gasteiger partial charge in [0.05, 0.1) is 18.2 Å². The van der Waals surface area contributed by atoms with E-state index in [4.69, 9.17) is 27.9 Å². The number of nitrogens with one attached hydrogen (secondary N) is 1. The number of nitrogens with zero attached hydrogens (tertiary/aromatic N) is 1. The zero-order chi connectivity index (χ0) is 29.6. The van der Waals surface area contributed by atoms with Crippen molar-refractivity contribution in [3.63, 3.8) is 0 Å². The number of carboxylic acid groups (broad SMARTS) is 1. The fourth-order valence-corrected chi connectivity index (χ4v) is 6.60. The maximum Gasteiger partial charge on any atom is 0.326 e. The molecule has 6 nitrogen and oxygen atoms in total. The third-order valence-electron chi connectivity index (χ3n) is 8.43. The second-order valence-corrected chi connectivity index (χ2v) is 13.2. The first-order valence-corrected chi connectivity index (χ1v) is 15.1. The second-order valence-electron chi connectivity index (χ2n) is 12.3. The highest BCUT2D eigenvalue weighted by Gasteiger charge is 2.44. The summed E-state index contributed by atoms with van der Waals surface area (Å²) in [5, 5.41) is 13.2. The lowest BCUT2D eigenvalue weighted by molar-refractivity contribution is -0.139. The van der Waals surface area contributed by atoms with E-state index in [-0.39, 0.29) is 28.9 Å². The number of hydrogen-bond acceptors (Lipinski definition) is 4. The molecule has 0 unspecified atom stereocenters. The first-order chi connectivity index (χ1) is 20.1. The number of carbonyl (C=O) groups is 2. The Labute approximate surface area is 254 Å². The number of benzene rings is 3. The summed E-state index contributed by atoms with van der Waals surface area (Å²) in [5.41, 5.74) is 2.64. The number of amides is 1. The summed E-state index contributed by atoms with van der Waals surface area (Å²) in [7, 11) is 0. The van der Waals surface area contributed by atoms with Crippen molar-refractivity contribution < 1.29 is 23.8 Å². The largest absolute Gasteiger partial charge is 0.493 e. The van der Waals surface area contributed by atoms with Gasteiger partial charge in [0.25, 0.3) is 5.91 Å². The lowest BCUT2D eigenvalue weighted by Crippen LogP contribution is -2.58. The van der Waals surface area contributed by atoms with Crippen molar-refractivity contribution in [2.24, 2.45) is 11.3 Å². The van der Waals surface area contributed by atoms with Crippen LogP contribution in [0.4, 0.5) is 4.39 Å². The van der Waals surface area contributed by atoms with Crippen molar-refractivity contribution in [2.75, 3.05) is 19.7 Å². The Hall–Kier alpha value is -3.13. The maximum absolute atomic E-state index is 15.2. The van der Waals surface area contributed by atoms with Crippen LogP contribution in [0.1, 0.15) is 71.6 Å². The van der Waals surface area contributed by atoms with E-state index in [9.17, 15) is 14.7 Å². The third kappa shape index (κ3) is 6.29. The molecule has 2 saturated carbocycles. The average molecular weight is 612 g/mol. The van der Waals surface area contributed by atoms with Gasteiger partial charge < -0.3 is 15.2 Å². The molecule has 3 fully saturated rings. The Balaban J connectivity index is 1.16. The molecule has 42 heavy (non-hydrogen) atoms. The van der Waals surface area contributed by atoms with Crippen molar-refractivity contribution in [2.45, 2.75) is 50.6 Å². The molecule has 220 valence electrons. The normalized spacial score (nSPS) is 19.4. The van der Waals surface area contributed by atoms with Crippen LogP contribution in [0.15, 0.2) is 60.7 Å². The van der Waals surface area contributed by atoms with Crippen LogP contribution in [-0.4, -0.2) is 47.6 Å². The number of halogens is 3. The minimum absolute atomic E-state index is 0.0296. The molecule has 3 aromatic rings. The van der Waals surface area contributed by atoms with Crippen molar-refractivity contribution >= 4 is 35.1 Å². The summed E-state index contributed by atoms with van der Waals surface area (Å²) < 4.78 is 21.5. The zero-order valence-corrected chi connectivity index (χ0v) is 24.8. The topological polar surface area (TPSA) is 78.9 Å². The highest BCUT2D eigenvalue weighted by atomic mass is 35.5. The summed E-state index contributed by atoms with van der Waals surface area (Å²) in [6, 6.07) is 17.6. The number of carbonyl (C=O) groups excluding carboxylic acids is 1. The molecule has 6 rings (SSSR count). The first kappa shape index (κ1) is 29.0. The molecule has 3 aliphatic rings. The average Bonchev–Trinajstić information content (AvgIpc) is 3.84. The van der Waals surface area contributed by atoms with Crippen LogP contribution in [0.3, 0.4) is 0 Å². The van der Waals surface area contributed by atoms with E-state index in [0.717, 1.165) is 55.5 Å². The molecule has 0 radical (unpaired) electrons.